The second-order valence-electron chi connectivity index (χ2n) is 5.48. The molecule has 0 amide bonds. The Bertz CT molecular complexity index is 743. The first-order chi connectivity index (χ1) is 10.8. The SMILES string of the molecule is Cc1ccc(C(C(=O)c2ccccc2)c2ccccc2)cc1. The molecule has 0 bridgehead atoms. The number of benzene rings is 3. The topological polar surface area (TPSA) is 17.1 Å². The van der Waals surface area contributed by atoms with Crippen molar-refractivity contribution in [2.75, 3.05) is 0 Å². The van der Waals surface area contributed by atoms with Gasteiger partial charge in [-0.3, -0.25) is 4.79 Å². The Morgan fingerprint density at radius 3 is 1.77 bits per heavy atom. The third-order valence-corrected chi connectivity index (χ3v) is 3.86. The quantitative estimate of drug-likeness (QED) is 0.616. The van der Waals surface area contributed by atoms with Gasteiger partial charge in [0.2, 0.25) is 0 Å². The van der Waals surface area contributed by atoms with E-state index in [-0.39, 0.29) is 11.7 Å². The van der Waals surface area contributed by atoms with Gasteiger partial charge in [0.15, 0.2) is 5.78 Å². The number of aryl methyl sites for hydroxylation is 1. The van der Waals surface area contributed by atoms with Crippen LogP contribution in [0.5, 0.6) is 0 Å². The molecule has 0 fully saturated rings. The molecule has 1 unspecified atom stereocenters. The zero-order valence-corrected chi connectivity index (χ0v) is 12.6. The van der Waals surface area contributed by atoms with E-state index in [1.54, 1.807) is 0 Å². The fourth-order valence-electron chi connectivity index (χ4n) is 2.67. The normalized spacial score (nSPS) is 11.9. The molecule has 0 saturated heterocycles. The zero-order valence-electron chi connectivity index (χ0n) is 12.6. The van der Waals surface area contributed by atoms with Crippen molar-refractivity contribution in [1.29, 1.82) is 0 Å². The summed E-state index contributed by atoms with van der Waals surface area (Å²) >= 11 is 0. The Labute approximate surface area is 131 Å². The predicted molar refractivity (Wildman–Crippen MR) is 90.2 cm³/mol. The molecule has 0 aliphatic heterocycles. The third-order valence-electron chi connectivity index (χ3n) is 3.86. The minimum absolute atomic E-state index is 0.135. The van der Waals surface area contributed by atoms with Crippen molar-refractivity contribution < 1.29 is 4.79 Å². The van der Waals surface area contributed by atoms with Crippen molar-refractivity contribution in [2.45, 2.75) is 12.8 Å². The van der Waals surface area contributed by atoms with Gasteiger partial charge in [-0.2, -0.15) is 0 Å². The maximum atomic E-state index is 13.0. The highest BCUT2D eigenvalue weighted by molar-refractivity contribution is 6.03. The van der Waals surface area contributed by atoms with Crippen LogP contribution < -0.4 is 0 Å². The highest BCUT2D eigenvalue weighted by Gasteiger charge is 2.23. The van der Waals surface area contributed by atoms with Crippen molar-refractivity contribution in [3.05, 3.63) is 107 Å². The van der Waals surface area contributed by atoms with Gasteiger partial charge in [0, 0.05) is 5.56 Å². The standard InChI is InChI=1S/C21H18O/c1-16-12-14-18(15-13-16)20(17-8-4-2-5-9-17)21(22)19-10-6-3-7-11-19/h2-15,20H,1H3. The van der Waals surface area contributed by atoms with E-state index >= 15 is 0 Å². The van der Waals surface area contributed by atoms with E-state index in [1.165, 1.54) is 5.56 Å². The molecule has 22 heavy (non-hydrogen) atoms. The minimum atomic E-state index is -0.260. The molecule has 0 saturated carbocycles. The van der Waals surface area contributed by atoms with Crippen LogP contribution in [0.1, 0.15) is 33.0 Å². The van der Waals surface area contributed by atoms with E-state index in [4.69, 9.17) is 0 Å². The smallest absolute Gasteiger partial charge is 0.174 e. The van der Waals surface area contributed by atoms with Crippen molar-refractivity contribution in [1.82, 2.24) is 0 Å². The van der Waals surface area contributed by atoms with Crippen LogP contribution in [-0.2, 0) is 0 Å². The lowest BCUT2D eigenvalue weighted by atomic mass is 9.84. The van der Waals surface area contributed by atoms with E-state index in [1.807, 2.05) is 72.8 Å². The molecular weight excluding hydrogens is 268 g/mol. The number of rotatable bonds is 4. The van der Waals surface area contributed by atoms with E-state index in [9.17, 15) is 4.79 Å². The predicted octanol–water partition coefficient (Wildman–Crippen LogP) is 5.01. The van der Waals surface area contributed by atoms with Crippen LogP contribution in [0.3, 0.4) is 0 Å². The van der Waals surface area contributed by atoms with Crippen molar-refractivity contribution in [2.24, 2.45) is 0 Å². The van der Waals surface area contributed by atoms with Gasteiger partial charge >= 0.3 is 0 Å². The molecular formula is C21H18O. The summed E-state index contributed by atoms with van der Waals surface area (Å²) in [5, 5.41) is 0. The van der Waals surface area contributed by atoms with Gasteiger partial charge in [-0.1, -0.05) is 90.5 Å². The summed E-state index contributed by atoms with van der Waals surface area (Å²) in [4.78, 5) is 13.0. The van der Waals surface area contributed by atoms with Gasteiger partial charge in [0.1, 0.15) is 0 Å². The Morgan fingerprint density at radius 1 is 0.682 bits per heavy atom. The van der Waals surface area contributed by atoms with E-state index in [0.29, 0.717) is 0 Å². The lowest BCUT2D eigenvalue weighted by Crippen LogP contribution is -2.14. The minimum Gasteiger partial charge on any atom is -0.293 e. The number of carbonyl (C=O) groups is 1. The highest BCUT2D eigenvalue weighted by atomic mass is 16.1. The number of Topliss-reactive ketones (excluding diaryl/α,β-unsaturated/α-hetero) is 1. The summed E-state index contributed by atoms with van der Waals surface area (Å²) in [6.45, 7) is 2.06. The maximum Gasteiger partial charge on any atom is 0.174 e. The molecule has 3 rings (SSSR count). The van der Waals surface area contributed by atoms with Crippen LogP contribution in [0.25, 0.3) is 0 Å². The average Bonchev–Trinajstić information content (AvgIpc) is 2.58. The summed E-state index contributed by atoms with van der Waals surface area (Å²) < 4.78 is 0. The Balaban J connectivity index is 2.07. The first-order valence-corrected chi connectivity index (χ1v) is 7.46. The van der Waals surface area contributed by atoms with Gasteiger partial charge in [0.05, 0.1) is 5.92 Å². The molecule has 0 aliphatic rings. The first-order valence-electron chi connectivity index (χ1n) is 7.46. The molecule has 0 aliphatic carbocycles. The Kier molecular flexibility index (Phi) is 4.15. The molecule has 0 radical (unpaired) electrons. The van der Waals surface area contributed by atoms with E-state index < -0.39 is 0 Å². The maximum absolute atomic E-state index is 13.0. The number of carbonyl (C=O) groups excluding carboxylic acids is 1. The van der Waals surface area contributed by atoms with Crippen LogP contribution in [0, 0.1) is 6.92 Å². The van der Waals surface area contributed by atoms with Crippen molar-refractivity contribution >= 4 is 5.78 Å². The van der Waals surface area contributed by atoms with Gasteiger partial charge < -0.3 is 0 Å². The molecule has 0 aromatic heterocycles. The Hall–Kier alpha value is -2.67. The van der Waals surface area contributed by atoms with E-state index in [2.05, 4.69) is 19.1 Å². The zero-order chi connectivity index (χ0) is 15.4. The molecule has 0 heterocycles. The number of ketones is 1. The third kappa shape index (κ3) is 2.99. The molecule has 1 atom stereocenters. The second-order valence-corrected chi connectivity index (χ2v) is 5.48. The summed E-state index contributed by atoms with van der Waals surface area (Å²) in [6, 6.07) is 27.7. The summed E-state index contributed by atoms with van der Waals surface area (Å²) in [5.41, 5.74) is 4.01. The van der Waals surface area contributed by atoms with Crippen LogP contribution in [0.2, 0.25) is 0 Å². The molecule has 3 aromatic carbocycles. The molecule has 0 spiro atoms. The van der Waals surface area contributed by atoms with Gasteiger partial charge in [-0.05, 0) is 18.1 Å². The summed E-state index contributed by atoms with van der Waals surface area (Å²) in [6.07, 6.45) is 0. The lowest BCUT2D eigenvalue weighted by molar-refractivity contribution is 0.0974. The molecule has 3 aromatic rings. The molecule has 1 nitrogen and oxygen atoms in total. The van der Waals surface area contributed by atoms with Crippen molar-refractivity contribution in [3.8, 4) is 0 Å². The molecule has 0 N–H and O–H groups in total. The van der Waals surface area contributed by atoms with Crippen LogP contribution >= 0.6 is 0 Å². The lowest BCUT2D eigenvalue weighted by Gasteiger charge is -2.17. The average molecular weight is 286 g/mol. The highest BCUT2D eigenvalue weighted by Crippen LogP contribution is 2.28. The second kappa shape index (κ2) is 6.40. The summed E-state index contributed by atoms with van der Waals surface area (Å²) in [7, 11) is 0. The fourth-order valence-corrected chi connectivity index (χ4v) is 2.67. The van der Waals surface area contributed by atoms with Crippen molar-refractivity contribution in [3.63, 3.8) is 0 Å². The van der Waals surface area contributed by atoms with Crippen LogP contribution in [-0.4, -0.2) is 5.78 Å². The monoisotopic (exact) mass is 286 g/mol. The number of hydrogen-bond acceptors (Lipinski definition) is 1. The largest absolute Gasteiger partial charge is 0.293 e. The van der Waals surface area contributed by atoms with Gasteiger partial charge in [0.25, 0.3) is 0 Å². The first kappa shape index (κ1) is 14.3. The molecule has 108 valence electrons. The van der Waals surface area contributed by atoms with Gasteiger partial charge in [-0.25, -0.2) is 0 Å². The van der Waals surface area contributed by atoms with Crippen LogP contribution in [0.15, 0.2) is 84.9 Å². The summed E-state index contributed by atoms with van der Waals surface area (Å²) in [5.74, 6) is -0.125. The number of hydrogen-bond donors (Lipinski definition) is 0. The Morgan fingerprint density at radius 2 is 1.18 bits per heavy atom. The van der Waals surface area contributed by atoms with E-state index in [0.717, 1.165) is 16.7 Å². The van der Waals surface area contributed by atoms with Crippen LogP contribution in [0.4, 0.5) is 0 Å². The fraction of sp³-hybridized carbons (Fsp3) is 0.0952. The van der Waals surface area contributed by atoms with Gasteiger partial charge in [-0.15, -0.1) is 0 Å². The molecule has 1 heteroatoms.